The van der Waals surface area contributed by atoms with E-state index in [1.165, 1.54) is 11.4 Å². The van der Waals surface area contributed by atoms with Gasteiger partial charge in [0.1, 0.15) is 6.04 Å². The van der Waals surface area contributed by atoms with Gasteiger partial charge in [-0.3, -0.25) is 9.59 Å². The zero-order valence-electron chi connectivity index (χ0n) is 21.1. The van der Waals surface area contributed by atoms with Gasteiger partial charge in [0, 0.05) is 37.1 Å². The Hall–Kier alpha value is -2.42. The van der Waals surface area contributed by atoms with E-state index in [2.05, 4.69) is 5.32 Å². The number of nitrogens with one attached hydrogen (secondary N) is 1. The Morgan fingerprint density at radius 3 is 2.20 bits per heavy atom. The Morgan fingerprint density at radius 1 is 1.03 bits per heavy atom. The maximum absolute atomic E-state index is 13.4. The Labute approximate surface area is 214 Å². The molecule has 7 nitrogen and oxygen atoms in total. The molecule has 0 unspecified atom stereocenters. The molecule has 192 valence electrons. The van der Waals surface area contributed by atoms with Crippen molar-refractivity contribution >= 4 is 33.4 Å². The second kappa shape index (κ2) is 12.5. The summed E-state index contributed by atoms with van der Waals surface area (Å²) in [6.45, 7) is 7.89. The lowest BCUT2D eigenvalue weighted by atomic mass is 10.0. The number of amides is 2. The summed E-state index contributed by atoms with van der Waals surface area (Å²) in [7, 11) is -2.14. The van der Waals surface area contributed by atoms with Crippen molar-refractivity contribution in [2.24, 2.45) is 0 Å². The first-order chi connectivity index (χ1) is 16.4. The Balaban J connectivity index is 2.17. The molecule has 1 N–H and O–H groups in total. The van der Waals surface area contributed by atoms with Crippen LogP contribution in [0.3, 0.4) is 0 Å². The summed E-state index contributed by atoms with van der Waals surface area (Å²) in [4.78, 5) is 28.2. The van der Waals surface area contributed by atoms with Crippen molar-refractivity contribution in [2.45, 2.75) is 70.0 Å². The molecule has 0 bridgehead atoms. The van der Waals surface area contributed by atoms with Gasteiger partial charge in [0.2, 0.25) is 21.8 Å². The first kappa shape index (κ1) is 28.8. The van der Waals surface area contributed by atoms with Gasteiger partial charge in [-0.25, -0.2) is 12.7 Å². The van der Waals surface area contributed by atoms with E-state index in [4.69, 9.17) is 11.6 Å². The van der Waals surface area contributed by atoms with E-state index < -0.39 is 21.6 Å². The Bertz CT molecular complexity index is 1100. The monoisotopic (exact) mass is 521 g/mol. The molecule has 1 atom stereocenters. The van der Waals surface area contributed by atoms with Gasteiger partial charge in [0.05, 0.1) is 4.90 Å². The van der Waals surface area contributed by atoms with Crippen molar-refractivity contribution in [1.82, 2.24) is 14.5 Å². The standard InChI is InChI=1S/C26H36ClN3O4S/c1-6-23(25(32)28-26(2,3)4)30(19-20-13-10-11-16-22(20)27)24(31)17-12-18-29(5)35(33,34)21-14-8-7-9-15-21/h7-11,13-16,23H,6,12,17-19H2,1-5H3,(H,28,32)/t23-/m0/s1. The van der Waals surface area contributed by atoms with Crippen LogP contribution in [0.1, 0.15) is 52.5 Å². The van der Waals surface area contributed by atoms with E-state index >= 15 is 0 Å². The first-order valence-electron chi connectivity index (χ1n) is 11.7. The van der Waals surface area contributed by atoms with Crippen LogP contribution in [-0.2, 0) is 26.2 Å². The second-order valence-corrected chi connectivity index (χ2v) is 12.0. The minimum absolute atomic E-state index is 0.0956. The quantitative estimate of drug-likeness (QED) is 0.473. The molecule has 0 saturated heterocycles. The number of rotatable bonds is 11. The van der Waals surface area contributed by atoms with E-state index in [0.717, 1.165) is 5.56 Å². The molecular weight excluding hydrogens is 486 g/mol. The number of sulfonamides is 1. The van der Waals surface area contributed by atoms with Crippen LogP contribution in [-0.4, -0.2) is 54.6 Å². The third-order valence-corrected chi connectivity index (χ3v) is 7.74. The topological polar surface area (TPSA) is 86.8 Å². The normalized spacial score (nSPS) is 12.9. The molecule has 0 spiro atoms. The van der Waals surface area contributed by atoms with Gasteiger partial charge in [-0.1, -0.05) is 54.9 Å². The van der Waals surface area contributed by atoms with Gasteiger partial charge in [-0.15, -0.1) is 0 Å². The molecule has 0 aliphatic carbocycles. The molecule has 0 fully saturated rings. The number of nitrogens with zero attached hydrogens (tertiary/aromatic N) is 2. The molecule has 35 heavy (non-hydrogen) atoms. The number of benzene rings is 2. The average Bonchev–Trinajstić information content (AvgIpc) is 2.79. The predicted octanol–water partition coefficient (Wildman–Crippen LogP) is 4.46. The molecule has 2 amide bonds. The fourth-order valence-electron chi connectivity index (χ4n) is 3.67. The largest absolute Gasteiger partial charge is 0.350 e. The van der Waals surface area contributed by atoms with Gasteiger partial charge >= 0.3 is 0 Å². The van der Waals surface area contributed by atoms with Gasteiger partial charge in [0.15, 0.2) is 0 Å². The SMILES string of the molecule is CC[C@@H](C(=O)NC(C)(C)C)N(Cc1ccccc1Cl)C(=O)CCCN(C)S(=O)(=O)c1ccccc1. The lowest BCUT2D eigenvalue weighted by Gasteiger charge is -2.33. The van der Waals surface area contributed by atoms with Gasteiger partial charge in [-0.05, 0) is 57.4 Å². The summed E-state index contributed by atoms with van der Waals surface area (Å²) >= 11 is 6.35. The summed E-state index contributed by atoms with van der Waals surface area (Å²) in [5.41, 5.74) is 0.297. The fourth-order valence-corrected chi connectivity index (χ4v) is 5.10. The van der Waals surface area contributed by atoms with Crippen molar-refractivity contribution in [3.8, 4) is 0 Å². The van der Waals surface area contributed by atoms with E-state index in [0.29, 0.717) is 17.9 Å². The lowest BCUT2D eigenvalue weighted by molar-refractivity contribution is -0.142. The van der Waals surface area contributed by atoms with Crippen molar-refractivity contribution in [1.29, 1.82) is 0 Å². The molecule has 0 saturated carbocycles. The zero-order valence-corrected chi connectivity index (χ0v) is 22.7. The van der Waals surface area contributed by atoms with E-state index in [1.54, 1.807) is 41.3 Å². The highest BCUT2D eigenvalue weighted by Crippen LogP contribution is 2.21. The van der Waals surface area contributed by atoms with Gasteiger partial charge in [0.25, 0.3) is 0 Å². The third kappa shape index (κ3) is 8.33. The molecule has 2 rings (SSSR count). The minimum Gasteiger partial charge on any atom is -0.350 e. The molecule has 2 aromatic rings. The van der Waals surface area contributed by atoms with Crippen LogP contribution in [0.4, 0.5) is 0 Å². The second-order valence-electron chi connectivity index (χ2n) is 9.52. The smallest absolute Gasteiger partial charge is 0.243 e. The third-order valence-electron chi connectivity index (χ3n) is 5.50. The highest BCUT2D eigenvalue weighted by atomic mass is 35.5. The molecule has 0 aliphatic rings. The summed E-state index contributed by atoms with van der Waals surface area (Å²) in [5.74, 6) is -0.462. The minimum atomic E-state index is -3.64. The van der Waals surface area contributed by atoms with E-state index in [1.807, 2.05) is 45.9 Å². The van der Waals surface area contributed by atoms with Crippen LogP contribution in [0.5, 0.6) is 0 Å². The van der Waals surface area contributed by atoms with Crippen LogP contribution in [0, 0.1) is 0 Å². The molecule has 0 radical (unpaired) electrons. The number of carbonyl (C=O) groups is 2. The zero-order chi connectivity index (χ0) is 26.2. The molecule has 0 aromatic heterocycles. The number of halogens is 1. The maximum Gasteiger partial charge on any atom is 0.243 e. The average molecular weight is 522 g/mol. The van der Waals surface area contributed by atoms with Crippen LogP contribution in [0.2, 0.25) is 5.02 Å². The molecule has 9 heteroatoms. The number of hydrogen-bond acceptors (Lipinski definition) is 4. The number of hydrogen-bond donors (Lipinski definition) is 1. The number of carbonyl (C=O) groups excluding carboxylic acids is 2. The van der Waals surface area contributed by atoms with Crippen LogP contribution >= 0.6 is 11.6 Å². The fraction of sp³-hybridized carbons (Fsp3) is 0.462. The van der Waals surface area contributed by atoms with E-state index in [9.17, 15) is 18.0 Å². The van der Waals surface area contributed by atoms with Crippen LogP contribution in [0.15, 0.2) is 59.5 Å². The summed E-state index contributed by atoms with van der Waals surface area (Å²) in [6.07, 6.45) is 0.844. The van der Waals surface area contributed by atoms with Crippen molar-refractivity contribution in [2.75, 3.05) is 13.6 Å². The highest BCUT2D eigenvalue weighted by molar-refractivity contribution is 7.89. The summed E-state index contributed by atoms with van der Waals surface area (Å²) in [5, 5.41) is 3.48. The van der Waals surface area contributed by atoms with Gasteiger partial charge < -0.3 is 10.2 Å². The maximum atomic E-state index is 13.4. The van der Waals surface area contributed by atoms with Gasteiger partial charge in [-0.2, -0.15) is 0 Å². The van der Waals surface area contributed by atoms with Crippen LogP contribution < -0.4 is 5.32 Å². The molecule has 0 aliphatic heterocycles. The summed E-state index contributed by atoms with van der Waals surface area (Å²) < 4.78 is 26.8. The highest BCUT2D eigenvalue weighted by Gasteiger charge is 2.31. The Morgan fingerprint density at radius 2 is 1.63 bits per heavy atom. The van der Waals surface area contributed by atoms with E-state index in [-0.39, 0.29) is 36.2 Å². The molecular formula is C26H36ClN3O4S. The Kier molecular flexibility index (Phi) is 10.3. The lowest BCUT2D eigenvalue weighted by Crippen LogP contribution is -2.53. The van der Waals surface area contributed by atoms with Crippen LogP contribution in [0.25, 0.3) is 0 Å². The van der Waals surface area contributed by atoms with Crippen molar-refractivity contribution < 1.29 is 18.0 Å². The predicted molar refractivity (Wildman–Crippen MR) is 139 cm³/mol. The molecule has 2 aromatic carbocycles. The van der Waals surface area contributed by atoms with Crippen molar-refractivity contribution in [3.05, 3.63) is 65.2 Å². The molecule has 0 heterocycles. The first-order valence-corrected chi connectivity index (χ1v) is 13.5. The van der Waals surface area contributed by atoms with Crippen molar-refractivity contribution in [3.63, 3.8) is 0 Å². The summed E-state index contributed by atoms with van der Waals surface area (Å²) in [6, 6.07) is 14.7.